The number of likely N-dealkylation sites (tertiary alicyclic amines) is 1. The molecule has 3 N–H and O–H groups in total. The summed E-state index contributed by atoms with van der Waals surface area (Å²) in [4.78, 5) is 29.3. The zero-order chi connectivity index (χ0) is 30.5. The van der Waals surface area contributed by atoms with Crippen LogP contribution in [-0.2, 0) is 5.41 Å². The number of nitrogens with two attached hydrogens (primary N) is 1. The Morgan fingerprint density at radius 2 is 1.33 bits per heavy atom. The molecule has 0 saturated carbocycles. The number of hydrogen-bond acceptors (Lipinski definition) is 5. The summed E-state index contributed by atoms with van der Waals surface area (Å²) in [5.74, 6) is -0.122. The summed E-state index contributed by atoms with van der Waals surface area (Å²) in [5.41, 5.74) is 8.99. The molecule has 3 aromatic rings. The molecule has 2 amide bonds. The highest BCUT2D eigenvalue weighted by molar-refractivity contribution is 6.21. The first-order chi connectivity index (χ1) is 20.7. The van der Waals surface area contributed by atoms with Crippen LogP contribution in [-0.4, -0.2) is 90.8 Å². The van der Waals surface area contributed by atoms with Crippen molar-refractivity contribution in [3.8, 4) is 0 Å². The number of nitrogens with zero attached hydrogens (tertiary/aromatic N) is 3. The average molecular weight is 584 g/mol. The van der Waals surface area contributed by atoms with E-state index < -0.39 is 11.6 Å². The smallest absolute Gasteiger partial charge is 0.261 e. The topological polar surface area (TPSA) is 86.9 Å². The molecule has 0 radical (unpaired) electrons. The molecule has 3 aromatic carbocycles. The summed E-state index contributed by atoms with van der Waals surface area (Å²) in [7, 11) is 4.36. The van der Waals surface area contributed by atoms with Gasteiger partial charge in [0.05, 0.1) is 50.3 Å². The molecule has 7 heteroatoms. The molecule has 2 aliphatic rings. The minimum atomic E-state index is -0.999. The van der Waals surface area contributed by atoms with Crippen molar-refractivity contribution in [2.45, 2.75) is 43.7 Å². The Kier molecular flexibility index (Phi) is 9.77. The maximum Gasteiger partial charge on any atom is 0.261 e. The number of unbranched alkanes of at least 4 members (excludes halogenated alkanes) is 3. The van der Waals surface area contributed by atoms with Gasteiger partial charge in [-0.2, -0.15) is 0 Å². The minimum Gasteiger partial charge on any atom is -0.378 e. The second-order valence-electron chi connectivity index (χ2n) is 12.9. The summed E-state index contributed by atoms with van der Waals surface area (Å²) in [5, 5.41) is 11.1. The number of carbonyl (C=O) groups excluding carboxylic acids is 2. The van der Waals surface area contributed by atoms with Gasteiger partial charge in [0.15, 0.2) is 0 Å². The van der Waals surface area contributed by atoms with Crippen LogP contribution in [0.3, 0.4) is 0 Å². The normalized spacial score (nSPS) is 18.3. The van der Waals surface area contributed by atoms with Crippen molar-refractivity contribution >= 4 is 11.8 Å². The van der Waals surface area contributed by atoms with Crippen LogP contribution in [0, 0.1) is 5.92 Å². The molecule has 7 nitrogen and oxygen atoms in total. The van der Waals surface area contributed by atoms with Gasteiger partial charge in [0, 0.05) is 6.54 Å². The maximum absolute atomic E-state index is 12.7. The first-order valence-electron chi connectivity index (χ1n) is 15.8. The number of quaternary nitrogens is 1. The summed E-state index contributed by atoms with van der Waals surface area (Å²) in [6.45, 7) is 5.19. The summed E-state index contributed by atoms with van der Waals surface area (Å²) >= 11 is 0. The Labute approximate surface area is 256 Å². The second-order valence-corrected chi connectivity index (χ2v) is 12.9. The van der Waals surface area contributed by atoms with E-state index in [9.17, 15) is 14.7 Å². The molecule has 2 atom stereocenters. The average Bonchev–Trinajstić information content (AvgIpc) is 3.58. The van der Waals surface area contributed by atoms with Crippen LogP contribution in [0.5, 0.6) is 0 Å². The molecule has 1 fully saturated rings. The van der Waals surface area contributed by atoms with Gasteiger partial charge in [-0.25, -0.2) is 0 Å². The predicted molar refractivity (Wildman–Crippen MR) is 171 cm³/mol. The number of likely N-dealkylation sites (N-methyl/N-ethyl adjacent to an activating group) is 1. The second kappa shape index (κ2) is 13.5. The van der Waals surface area contributed by atoms with E-state index in [0.717, 1.165) is 74.0 Å². The first kappa shape index (κ1) is 31.1. The number of aliphatic hydroxyl groups excluding tert-OH is 1. The van der Waals surface area contributed by atoms with Crippen molar-refractivity contribution in [1.29, 1.82) is 0 Å². The molecule has 228 valence electrons. The largest absolute Gasteiger partial charge is 0.378 e. The van der Waals surface area contributed by atoms with Crippen LogP contribution in [0.25, 0.3) is 0 Å². The third-order valence-electron chi connectivity index (χ3n) is 9.68. The SMILES string of the molecule is C[N+](C)(CCCCCCN1CCC(C(c2ccccc2)(c2ccccc2)C(N)O)C1)CCN1C(=O)c2ccccc2C1=O. The lowest BCUT2D eigenvalue weighted by molar-refractivity contribution is -0.889. The van der Waals surface area contributed by atoms with Crippen molar-refractivity contribution in [3.05, 3.63) is 107 Å². The third-order valence-corrected chi connectivity index (χ3v) is 9.68. The molecule has 5 rings (SSSR count). The fourth-order valence-electron chi connectivity index (χ4n) is 7.21. The molecule has 2 heterocycles. The first-order valence-corrected chi connectivity index (χ1v) is 15.8. The Hall–Kier alpha value is -3.36. The standard InChI is InChI=1S/C36H47N4O3/c1-40(2,26-24-39-33(41)31-19-11-12-20-32(31)34(39)42)25-14-4-3-13-22-38-23-21-30(27-38)36(35(37)43,28-15-7-5-8-16-28)29-17-9-6-10-18-29/h5-12,15-20,30,35,43H,3-4,13-14,21-27,37H2,1-2H3/q+1. The number of hydrogen-bond donors (Lipinski definition) is 2. The fraction of sp³-hybridized carbons (Fsp3) is 0.444. The molecule has 2 aliphatic heterocycles. The third kappa shape index (κ3) is 6.60. The van der Waals surface area contributed by atoms with E-state index >= 15 is 0 Å². The van der Waals surface area contributed by atoms with Gasteiger partial charge in [-0.3, -0.25) is 14.5 Å². The quantitative estimate of drug-likeness (QED) is 0.126. The lowest BCUT2D eigenvalue weighted by Gasteiger charge is -2.42. The molecule has 0 aliphatic carbocycles. The van der Waals surface area contributed by atoms with Crippen molar-refractivity contribution in [1.82, 2.24) is 9.80 Å². The Morgan fingerprint density at radius 1 is 0.791 bits per heavy atom. The van der Waals surface area contributed by atoms with Gasteiger partial charge < -0.3 is 20.2 Å². The monoisotopic (exact) mass is 583 g/mol. The van der Waals surface area contributed by atoms with Gasteiger partial charge in [-0.05, 0) is 68.0 Å². The number of fused-ring (bicyclic) bond motifs is 1. The fourth-order valence-corrected chi connectivity index (χ4v) is 7.21. The zero-order valence-electron chi connectivity index (χ0n) is 25.7. The van der Waals surface area contributed by atoms with Crippen molar-refractivity contribution < 1.29 is 19.2 Å². The minimum absolute atomic E-state index is 0.171. The molecule has 2 unspecified atom stereocenters. The number of carbonyl (C=O) groups is 2. The number of amides is 2. The highest BCUT2D eigenvalue weighted by Gasteiger charge is 2.48. The van der Waals surface area contributed by atoms with E-state index in [0.29, 0.717) is 17.7 Å². The van der Waals surface area contributed by atoms with E-state index in [1.54, 1.807) is 12.1 Å². The van der Waals surface area contributed by atoms with Gasteiger partial charge in [0.1, 0.15) is 6.23 Å². The lowest BCUT2D eigenvalue weighted by Crippen LogP contribution is -2.52. The Balaban J connectivity index is 1.07. The number of rotatable bonds is 14. The van der Waals surface area contributed by atoms with Crippen LogP contribution in [0.15, 0.2) is 84.9 Å². The van der Waals surface area contributed by atoms with Crippen molar-refractivity contribution in [2.24, 2.45) is 11.7 Å². The Morgan fingerprint density at radius 3 is 1.88 bits per heavy atom. The van der Waals surface area contributed by atoms with E-state index in [1.165, 1.54) is 11.3 Å². The van der Waals surface area contributed by atoms with Crippen molar-refractivity contribution in [2.75, 3.05) is 53.4 Å². The molecule has 0 aromatic heterocycles. The molecule has 0 spiro atoms. The van der Waals surface area contributed by atoms with Crippen LogP contribution in [0.1, 0.15) is 63.9 Å². The maximum atomic E-state index is 12.7. The lowest BCUT2D eigenvalue weighted by atomic mass is 9.64. The summed E-state index contributed by atoms with van der Waals surface area (Å²) in [6, 6.07) is 27.7. The van der Waals surface area contributed by atoms with Crippen LogP contribution < -0.4 is 5.73 Å². The molecule has 1 saturated heterocycles. The molecular formula is C36H47N4O3+. The molecule has 43 heavy (non-hydrogen) atoms. The molecular weight excluding hydrogens is 536 g/mol. The van der Waals surface area contributed by atoms with E-state index in [2.05, 4.69) is 43.3 Å². The van der Waals surface area contributed by atoms with E-state index in [-0.39, 0.29) is 17.7 Å². The molecule has 0 bridgehead atoms. The number of aliphatic hydroxyl groups is 1. The highest BCUT2D eigenvalue weighted by Crippen LogP contribution is 2.45. The predicted octanol–water partition coefficient (Wildman–Crippen LogP) is 4.50. The van der Waals surface area contributed by atoms with Crippen molar-refractivity contribution in [3.63, 3.8) is 0 Å². The zero-order valence-corrected chi connectivity index (χ0v) is 25.7. The van der Waals surface area contributed by atoms with E-state index in [4.69, 9.17) is 5.73 Å². The number of imide groups is 1. The Bertz CT molecular complexity index is 1300. The number of benzene rings is 3. The van der Waals surface area contributed by atoms with Crippen LogP contribution in [0.2, 0.25) is 0 Å². The van der Waals surface area contributed by atoms with Gasteiger partial charge in [-0.1, -0.05) is 79.2 Å². The van der Waals surface area contributed by atoms with Crippen LogP contribution in [0.4, 0.5) is 0 Å². The van der Waals surface area contributed by atoms with E-state index in [1.807, 2.05) is 48.5 Å². The van der Waals surface area contributed by atoms with Gasteiger partial charge in [-0.15, -0.1) is 0 Å². The van der Waals surface area contributed by atoms with Gasteiger partial charge in [0.2, 0.25) is 0 Å². The highest BCUT2D eigenvalue weighted by atomic mass is 16.3. The van der Waals surface area contributed by atoms with Gasteiger partial charge in [0.25, 0.3) is 11.8 Å². The summed E-state index contributed by atoms with van der Waals surface area (Å²) in [6.07, 6.45) is 4.58. The van der Waals surface area contributed by atoms with Crippen LogP contribution >= 0.6 is 0 Å². The summed E-state index contributed by atoms with van der Waals surface area (Å²) < 4.78 is 0.781. The van der Waals surface area contributed by atoms with Gasteiger partial charge >= 0.3 is 0 Å².